The number of hydrazone groups is 1. The highest BCUT2D eigenvalue weighted by atomic mass is 32.1. The summed E-state index contributed by atoms with van der Waals surface area (Å²) in [6.07, 6.45) is 3.50. The highest BCUT2D eigenvalue weighted by Gasteiger charge is 1.93. The minimum absolute atomic E-state index is 0.457. The molecule has 2 aromatic rings. The Hall–Kier alpha value is -2.14. The lowest BCUT2D eigenvalue weighted by Crippen LogP contribution is -2.23. The number of H-pyrrole nitrogens is 1. The first-order valence-electron chi connectivity index (χ1n) is 5.13. The van der Waals surface area contributed by atoms with E-state index in [4.69, 9.17) is 12.2 Å². The van der Waals surface area contributed by atoms with Crippen LogP contribution in [-0.4, -0.2) is 16.3 Å². The SMILES string of the molecule is S=C(NN=Cc1ccc[nH]1)Nc1ccccc1. The number of para-hydroxylation sites is 1. The fraction of sp³-hybridized carbons (Fsp3) is 0. The van der Waals surface area contributed by atoms with E-state index in [1.165, 1.54) is 0 Å². The van der Waals surface area contributed by atoms with Crippen LogP contribution in [0.25, 0.3) is 0 Å². The molecule has 1 aromatic carbocycles. The monoisotopic (exact) mass is 244 g/mol. The van der Waals surface area contributed by atoms with Crippen molar-refractivity contribution in [1.82, 2.24) is 10.4 Å². The van der Waals surface area contributed by atoms with Crippen LogP contribution in [0.2, 0.25) is 0 Å². The molecule has 1 aromatic heterocycles. The average Bonchev–Trinajstić information content (AvgIpc) is 2.83. The van der Waals surface area contributed by atoms with Crippen LogP contribution >= 0.6 is 12.2 Å². The fourth-order valence-corrected chi connectivity index (χ4v) is 1.44. The third kappa shape index (κ3) is 3.73. The minimum Gasteiger partial charge on any atom is -0.360 e. The molecule has 0 aliphatic rings. The Labute approximate surface area is 105 Å². The van der Waals surface area contributed by atoms with Crippen molar-refractivity contribution in [3.05, 3.63) is 54.4 Å². The summed E-state index contributed by atoms with van der Waals surface area (Å²) in [5.74, 6) is 0. The summed E-state index contributed by atoms with van der Waals surface area (Å²) in [4.78, 5) is 3.01. The standard InChI is InChI=1S/C12H12N4S/c17-12(15-10-5-2-1-3-6-10)16-14-9-11-7-4-8-13-11/h1-9,13H,(H2,15,16,17). The zero-order chi connectivity index (χ0) is 11.9. The first-order chi connectivity index (χ1) is 8.34. The number of hydrogen-bond donors (Lipinski definition) is 3. The van der Waals surface area contributed by atoms with Crippen molar-refractivity contribution in [2.75, 3.05) is 5.32 Å². The molecule has 3 N–H and O–H groups in total. The van der Waals surface area contributed by atoms with Gasteiger partial charge < -0.3 is 10.3 Å². The minimum atomic E-state index is 0.457. The summed E-state index contributed by atoms with van der Waals surface area (Å²) in [7, 11) is 0. The van der Waals surface area contributed by atoms with Gasteiger partial charge in [-0.05, 0) is 36.5 Å². The Kier molecular flexibility index (Phi) is 3.88. The molecule has 0 atom stereocenters. The van der Waals surface area contributed by atoms with Gasteiger partial charge >= 0.3 is 0 Å². The van der Waals surface area contributed by atoms with Gasteiger partial charge in [0.2, 0.25) is 0 Å². The number of rotatable bonds is 3. The van der Waals surface area contributed by atoms with Crippen LogP contribution in [-0.2, 0) is 0 Å². The second-order valence-electron chi connectivity index (χ2n) is 3.32. The third-order valence-corrected chi connectivity index (χ3v) is 2.22. The predicted molar refractivity (Wildman–Crippen MR) is 74.2 cm³/mol. The van der Waals surface area contributed by atoms with Crippen LogP contribution < -0.4 is 10.7 Å². The van der Waals surface area contributed by atoms with Crippen molar-refractivity contribution in [1.29, 1.82) is 0 Å². The fourth-order valence-electron chi connectivity index (χ4n) is 1.27. The number of thiocarbonyl (C=S) groups is 1. The van der Waals surface area contributed by atoms with Crippen molar-refractivity contribution in [3.63, 3.8) is 0 Å². The van der Waals surface area contributed by atoms with E-state index in [9.17, 15) is 0 Å². The lowest BCUT2D eigenvalue weighted by Gasteiger charge is -2.05. The number of benzene rings is 1. The Morgan fingerprint density at radius 3 is 2.71 bits per heavy atom. The molecule has 0 aliphatic heterocycles. The van der Waals surface area contributed by atoms with E-state index in [1.807, 2.05) is 48.7 Å². The largest absolute Gasteiger partial charge is 0.360 e. The number of hydrogen-bond acceptors (Lipinski definition) is 2. The molecule has 0 radical (unpaired) electrons. The quantitative estimate of drug-likeness (QED) is 0.441. The molecule has 17 heavy (non-hydrogen) atoms. The highest BCUT2D eigenvalue weighted by molar-refractivity contribution is 7.80. The van der Waals surface area contributed by atoms with E-state index >= 15 is 0 Å². The zero-order valence-electron chi connectivity index (χ0n) is 9.05. The second kappa shape index (κ2) is 5.81. The molecule has 0 fully saturated rings. The van der Waals surface area contributed by atoms with Gasteiger partial charge in [0.15, 0.2) is 5.11 Å². The summed E-state index contributed by atoms with van der Waals surface area (Å²) in [5, 5.41) is 7.48. The Balaban J connectivity index is 1.82. The van der Waals surface area contributed by atoms with Crippen LogP contribution in [0.3, 0.4) is 0 Å². The average molecular weight is 244 g/mol. The highest BCUT2D eigenvalue weighted by Crippen LogP contribution is 2.04. The molecule has 1 heterocycles. The van der Waals surface area contributed by atoms with Gasteiger partial charge in [-0.3, -0.25) is 5.43 Å². The normalized spacial score (nSPS) is 10.4. The molecule has 2 rings (SSSR count). The predicted octanol–water partition coefficient (Wildman–Crippen LogP) is 2.34. The molecular formula is C12H12N4S. The van der Waals surface area contributed by atoms with E-state index in [2.05, 4.69) is 20.8 Å². The first-order valence-corrected chi connectivity index (χ1v) is 5.54. The number of aromatic nitrogens is 1. The Morgan fingerprint density at radius 2 is 2.00 bits per heavy atom. The summed E-state index contributed by atoms with van der Waals surface area (Å²) >= 11 is 5.08. The molecule has 0 saturated heterocycles. The lowest BCUT2D eigenvalue weighted by atomic mass is 10.3. The van der Waals surface area contributed by atoms with Gasteiger partial charge in [0, 0.05) is 11.9 Å². The number of anilines is 1. The molecule has 4 nitrogen and oxygen atoms in total. The van der Waals surface area contributed by atoms with Gasteiger partial charge in [-0.25, -0.2) is 0 Å². The van der Waals surface area contributed by atoms with Crippen molar-refractivity contribution in [2.45, 2.75) is 0 Å². The molecule has 0 saturated carbocycles. The summed E-state index contributed by atoms with van der Waals surface area (Å²) in [6, 6.07) is 13.5. The molecule has 0 unspecified atom stereocenters. The van der Waals surface area contributed by atoms with Crippen molar-refractivity contribution < 1.29 is 0 Å². The van der Waals surface area contributed by atoms with Crippen molar-refractivity contribution in [2.24, 2.45) is 5.10 Å². The van der Waals surface area contributed by atoms with E-state index in [0.717, 1.165) is 11.4 Å². The summed E-state index contributed by atoms with van der Waals surface area (Å²) in [5.41, 5.74) is 4.59. The number of aromatic amines is 1. The van der Waals surface area contributed by atoms with E-state index in [-0.39, 0.29) is 0 Å². The topological polar surface area (TPSA) is 52.2 Å². The smallest absolute Gasteiger partial charge is 0.191 e. The van der Waals surface area contributed by atoms with Gasteiger partial charge in [-0.1, -0.05) is 18.2 Å². The first kappa shape index (κ1) is 11.3. The van der Waals surface area contributed by atoms with Crippen LogP contribution in [0.1, 0.15) is 5.69 Å². The molecular weight excluding hydrogens is 232 g/mol. The molecule has 0 aliphatic carbocycles. The van der Waals surface area contributed by atoms with Crippen LogP contribution in [0.15, 0.2) is 53.8 Å². The molecule has 0 amide bonds. The maximum atomic E-state index is 5.08. The van der Waals surface area contributed by atoms with Crippen LogP contribution in [0.4, 0.5) is 5.69 Å². The molecule has 0 bridgehead atoms. The lowest BCUT2D eigenvalue weighted by molar-refractivity contribution is 1.05. The van der Waals surface area contributed by atoms with E-state index in [0.29, 0.717) is 5.11 Å². The third-order valence-electron chi connectivity index (χ3n) is 2.02. The molecule has 5 heteroatoms. The van der Waals surface area contributed by atoms with Gasteiger partial charge in [0.1, 0.15) is 0 Å². The van der Waals surface area contributed by atoms with E-state index < -0.39 is 0 Å². The summed E-state index contributed by atoms with van der Waals surface area (Å²) < 4.78 is 0. The zero-order valence-corrected chi connectivity index (χ0v) is 9.87. The van der Waals surface area contributed by atoms with Crippen LogP contribution in [0, 0.1) is 0 Å². The molecule has 86 valence electrons. The van der Waals surface area contributed by atoms with E-state index in [1.54, 1.807) is 6.21 Å². The maximum Gasteiger partial charge on any atom is 0.191 e. The maximum absolute atomic E-state index is 5.08. The van der Waals surface area contributed by atoms with Crippen molar-refractivity contribution >= 4 is 29.2 Å². The molecule has 0 spiro atoms. The van der Waals surface area contributed by atoms with Gasteiger partial charge in [-0.15, -0.1) is 0 Å². The van der Waals surface area contributed by atoms with Gasteiger partial charge in [0.05, 0.1) is 11.9 Å². The van der Waals surface area contributed by atoms with Gasteiger partial charge in [-0.2, -0.15) is 5.10 Å². The van der Waals surface area contributed by atoms with Gasteiger partial charge in [0.25, 0.3) is 0 Å². The van der Waals surface area contributed by atoms with Crippen LogP contribution in [0.5, 0.6) is 0 Å². The summed E-state index contributed by atoms with van der Waals surface area (Å²) in [6.45, 7) is 0. The number of nitrogens with zero attached hydrogens (tertiary/aromatic N) is 1. The number of nitrogens with one attached hydrogen (secondary N) is 3. The van der Waals surface area contributed by atoms with Crippen molar-refractivity contribution in [3.8, 4) is 0 Å². The Bertz CT molecular complexity index is 490. The Morgan fingerprint density at radius 1 is 1.18 bits per heavy atom. The second-order valence-corrected chi connectivity index (χ2v) is 3.72.